The van der Waals surface area contributed by atoms with Crippen LogP contribution in [-0.4, -0.2) is 43.7 Å². The van der Waals surface area contributed by atoms with Crippen molar-refractivity contribution in [3.63, 3.8) is 0 Å². The molecular formula is C84H102N2O8S. The molecule has 0 aliphatic heterocycles. The molecule has 0 aliphatic carbocycles. The molecule has 0 saturated heterocycles. The first kappa shape index (κ1) is 73.9. The van der Waals surface area contributed by atoms with Gasteiger partial charge >= 0.3 is 23.9 Å². The Morgan fingerprint density at radius 2 is 0.632 bits per heavy atom. The van der Waals surface area contributed by atoms with Crippen molar-refractivity contribution < 1.29 is 38.1 Å². The number of nitrogens with zero attached hydrogens (tertiary/aromatic N) is 2. The van der Waals surface area contributed by atoms with E-state index in [0.717, 1.165) is 179 Å². The molecule has 6 aromatic carbocycles. The minimum atomic E-state index is -0.406. The lowest BCUT2D eigenvalue weighted by Crippen LogP contribution is -2.12. The summed E-state index contributed by atoms with van der Waals surface area (Å²) in [6, 6.07) is 57.9. The van der Waals surface area contributed by atoms with Crippen molar-refractivity contribution in [2.75, 3.05) is 29.6 Å². The van der Waals surface area contributed by atoms with E-state index in [4.69, 9.17) is 18.9 Å². The third-order valence-corrected chi connectivity index (χ3v) is 18.5. The van der Waals surface area contributed by atoms with Crippen LogP contribution in [0.2, 0.25) is 0 Å². The van der Waals surface area contributed by atoms with E-state index in [1.807, 2.05) is 0 Å². The summed E-state index contributed by atoms with van der Waals surface area (Å²) in [5.41, 5.74) is 13.7. The summed E-state index contributed by atoms with van der Waals surface area (Å²) in [6.07, 6.45) is 33.6. The Kier molecular flexibility index (Phi) is 33.2. The van der Waals surface area contributed by atoms with Gasteiger partial charge in [-0.2, -0.15) is 0 Å². The van der Waals surface area contributed by atoms with Gasteiger partial charge in [-0.05, 0) is 189 Å². The van der Waals surface area contributed by atoms with Gasteiger partial charge in [-0.1, -0.05) is 209 Å². The molecule has 0 amide bonds. The van der Waals surface area contributed by atoms with Gasteiger partial charge < -0.3 is 28.7 Å². The van der Waals surface area contributed by atoms with Gasteiger partial charge in [0.25, 0.3) is 0 Å². The lowest BCUT2D eigenvalue weighted by Gasteiger charge is -2.26. The van der Waals surface area contributed by atoms with E-state index in [1.165, 1.54) is 95.7 Å². The van der Waals surface area contributed by atoms with Gasteiger partial charge in [0, 0.05) is 68.2 Å². The molecule has 7 rings (SSSR count). The molecule has 95 heavy (non-hydrogen) atoms. The zero-order valence-corrected chi connectivity index (χ0v) is 57.3. The first-order valence-electron chi connectivity index (χ1n) is 35.1. The molecule has 10 nitrogen and oxygen atoms in total. The number of unbranched alkanes of at least 4 members (excludes halogenated alkanes) is 19. The fourth-order valence-electron chi connectivity index (χ4n) is 11.9. The first-order valence-corrected chi connectivity index (χ1v) is 35.9. The Bertz CT molecular complexity index is 3320. The van der Waals surface area contributed by atoms with Gasteiger partial charge in [-0.3, -0.25) is 0 Å². The molecule has 0 fully saturated rings. The molecule has 7 aromatic rings. The Morgan fingerprint density at radius 1 is 0.347 bits per heavy atom. The third-order valence-electron chi connectivity index (χ3n) is 17.3. The molecule has 1 aromatic heterocycles. The first-order chi connectivity index (χ1) is 46.6. The minimum Gasteiger partial charge on any atom is -0.463 e. The number of anilines is 6. The Hall–Kier alpha value is -8.54. The predicted molar refractivity (Wildman–Crippen MR) is 395 cm³/mol. The van der Waals surface area contributed by atoms with Crippen LogP contribution in [0.4, 0.5) is 34.1 Å². The topological polar surface area (TPSA) is 112 Å². The molecule has 11 heteroatoms. The highest BCUT2D eigenvalue weighted by atomic mass is 32.1. The highest BCUT2D eigenvalue weighted by Gasteiger charge is 2.20. The molecule has 0 saturated carbocycles. The molecule has 0 N–H and O–H groups in total. The molecule has 1 heterocycles. The summed E-state index contributed by atoms with van der Waals surface area (Å²) >= 11 is 1.80. The number of hydrogen-bond donors (Lipinski definition) is 0. The van der Waals surface area contributed by atoms with Crippen LogP contribution in [0.3, 0.4) is 0 Å². The van der Waals surface area contributed by atoms with Gasteiger partial charge in [-0.15, -0.1) is 11.3 Å². The minimum absolute atomic E-state index is 0.349. The van der Waals surface area contributed by atoms with E-state index in [1.54, 1.807) is 11.3 Å². The van der Waals surface area contributed by atoms with Crippen LogP contribution >= 0.6 is 11.3 Å². The van der Waals surface area contributed by atoms with Gasteiger partial charge in [0.2, 0.25) is 0 Å². The second-order valence-electron chi connectivity index (χ2n) is 24.6. The maximum atomic E-state index is 12.6. The Labute approximate surface area is 571 Å². The maximum Gasteiger partial charge on any atom is 0.330 e. The van der Waals surface area contributed by atoms with E-state index < -0.39 is 5.97 Å². The van der Waals surface area contributed by atoms with E-state index in [-0.39, 0.29) is 24.0 Å². The predicted octanol–water partition coefficient (Wildman–Crippen LogP) is 23.0. The van der Waals surface area contributed by atoms with Gasteiger partial charge in [0.15, 0.2) is 0 Å². The van der Waals surface area contributed by atoms with E-state index in [9.17, 15) is 19.2 Å². The number of esters is 4. The number of hydrogen-bond acceptors (Lipinski definition) is 11. The van der Waals surface area contributed by atoms with E-state index in [2.05, 4.69) is 201 Å². The molecule has 0 spiro atoms. The van der Waals surface area contributed by atoms with E-state index >= 15 is 0 Å². The van der Waals surface area contributed by atoms with Crippen LogP contribution in [0.25, 0.3) is 20.9 Å². The number of rotatable bonds is 47. The molecule has 1 unspecified atom stereocenters. The normalized spacial score (nSPS) is 11.3. The highest BCUT2D eigenvalue weighted by Crippen LogP contribution is 2.41. The smallest absolute Gasteiger partial charge is 0.330 e. The summed E-state index contributed by atoms with van der Waals surface area (Å²) in [5, 5.41) is 0. The number of thiophene rings is 1. The quantitative estimate of drug-likeness (QED) is 0.0158. The fraction of sp³-hybridized carbons (Fsp3) is 0.381. The summed E-state index contributed by atoms with van der Waals surface area (Å²) in [7, 11) is 0. The number of benzene rings is 6. The van der Waals surface area contributed by atoms with Crippen molar-refractivity contribution in [1.29, 1.82) is 0 Å². The summed E-state index contributed by atoms with van der Waals surface area (Å²) < 4.78 is 21.3. The van der Waals surface area contributed by atoms with Crippen LogP contribution < -0.4 is 9.80 Å². The van der Waals surface area contributed by atoms with Gasteiger partial charge in [0.05, 0.1) is 19.8 Å². The monoisotopic (exact) mass is 1300 g/mol. The fourth-order valence-corrected chi connectivity index (χ4v) is 12.9. The molecule has 1 atom stereocenters. The van der Waals surface area contributed by atoms with Crippen LogP contribution in [0, 0.1) is 0 Å². The molecule has 0 radical (unpaired) electrons. The van der Waals surface area contributed by atoms with Crippen molar-refractivity contribution in [3.05, 3.63) is 231 Å². The van der Waals surface area contributed by atoms with Crippen molar-refractivity contribution >= 4 is 69.3 Å². The molecule has 0 aliphatic rings. The lowest BCUT2D eigenvalue weighted by molar-refractivity contribution is -0.144. The van der Waals surface area contributed by atoms with Crippen LogP contribution in [0.15, 0.2) is 208 Å². The highest BCUT2D eigenvalue weighted by molar-refractivity contribution is 7.18. The van der Waals surface area contributed by atoms with Crippen molar-refractivity contribution in [2.45, 2.75) is 186 Å². The second kappa shape index (κ2) is 42.7. The number of ether oxygens (including phenoxy) is 4. The summed E-state index contributed by atoms with van der Waals surface area (Å²) in [5.74, 6) is -1.46. The van der Waals surface area contributed by atoms with Crippen molar-refractivity contribution in [1.82, 2.24) is 0 Å². The average Bonchev–Trinajstić information content (AvgIpc) is 1.65. The molecular weight excluding hydrogens is 1200 g/mol. The standard InChI is InChI=1S/C84H102N2O8S/c1-6-11-12-19-29-36-78(94-84(90)10-5)69-43-55-75(56-44-69)86(74-53-41-68(42-54-74)35-28-22-15-18-25-32-65-93-83(89)9-4)77-59-47-71(48-60-77)80-62-61-79(95-80)70-45-57-76(58-46-70)85(72-49-37-66(38-50-72)33-26-20-13-16-23-30-63-91-81(87)7-2)73-51-39-67(40-52-73)34-27-21-14-17-24-31-64-92-82(88)8-3/h7-10,37-62,78H,2-6,11-36,63-65H2,1H3. The van der Waals surface area contributed by atoms with E-state index in [0.29, 0.717) is 19.8 Å². The van der Waals surface area contributed by atoms with Crippen molar-refractivity contribution in [2.24, 2.45) is 0 Å². The van der Waals surface area contributed by atoms with Crippen LogP contribution in [-0.2, 0) is 57.4 Å². The Morgan fingerprint density at radius 3 is 0.958 bits per heavy atom. The molecule has 502 valence electrons. The number of carbonyl (C=O) groups is 4. The molecule has 0 bridgehead atoms. The van der Waals surface area contributed by atoms with Crippen LogP contribution in [0.1, 0.15) is 189 Å². The van der Waals surface area contributed by atoms with Crippen LogP contribution in [0.5, 0.6) is 0 Å². The summed E-state index contributed by atoms with van der Waals surface area (Å²) in [4.78, 5) is 53.6. The van der Waals surface area contributed by atoms with Gasteiger partial charge in [-0.25, -0.2) is 19.2 Å². The number of carbonyl (C=O) groups excluding carboxylic acids is 4. The maximum absolute atomic E-state index is 12.6. The Balaban J connectivity index is 1.04. The van der Waals surface area contributed by atoms with Crippen molar-refractivity contribution in [3.8, 4) is 20.9 Å². The largest absolute Gasteiger partial charge is 0.463 e. The SMILES string of the molecule is C=CC(=O)OCCCCCCCCc1ccc(N(c2ccc(CCCCCCCCOC(=O)C=C)cc2)c2ccc(-c3ccc(-c4ccc(N(c5ccc(CCCCCCCCOC(=O)C=C)cc5)c5ccc(C(CCCCCCC)OC(=O)C=C)cc5)cc4)s3)cc2)cc1. The zero-order chi connectivity index (χ0) is 67.1. The van der Waals surface area contributed by atoms with Gasteiger partial charge in [0.1, 0.15) is 6.10 Å². The second-order valence-corrected chi connectivity index (χ2v) is 25.7. The number of aryl methyl sites for hydroxylation is 3. The lowest BCUT2D eigenvalue weighted by atomic mass is 10.0. The average molecular weight is 1300 g/mol. The zero-order valence-electron chi connectivity index (χ0n) is 56.5. The summed E-state index contributed by atoms with van der Waals surface area (Å²) in [6.45, 7) is 17.7. The third kappa shape index (κ3) is 25.9.